The lowest BCUT2D eigenvalue weighted by Crippen LogP contribution is -2.15. The molecule has 0 unspecified atom stereocenters. The number of carbonyl (C=O) groups is 1. The molecule has 0 fully saturated rings. The van der Waals surface area contributed by atoms with Crippen molar-refractivity contribution >= 4 is 29.0 Å². The van der Waals surface area contributed by atoms with Crippen LogP contribution in [0.5, 0.6) is 0 Å². The highest BCUT2D eigenvalue weighted by molar-refractivity contribution is 6.29. The van der Waals surface area contributed by atoms with Gasteiger partial charge in [0.05, 0.1) is 5.56 Å². The minimum Gasteiger partial charge on any atom is -0.399 e. The minimum atomic E-state index is -0.665. The number of carbonyl (C=O) groups excluding carboxylic acids is 1. The summed E-state index contributed by atoms with van der Waals surface area (Å²) in [6.45, 7) is 0. The van der Waals surface area contributed by atoms with Gasteiger partial charge in [-0.1, -0.05) is 11.6 Å². The fourth-order valence-corrected chi connectivity index (χ4v) is 1.45. The van der Waals surface area contributed by atoms with Gasteiger partial charge in [0.25, 0.3) is 5.91 Å². The molecule has 0 bridgehead atoms. The third-order valence-corrected chi connectivity index (χ3v) is 2.32. The van der Waals surface area contributed by atoms with E-state index >= 15 is 0 Å². The molecule has 0 saturated carbocycles. The van der Waals surface area contributed by atoms with E-state index < -0.39 is 11.7 Å². The predicted octanol–water partition coefficient (Wildman–Crippen LogP) is 2.10. The number of halogens is 2. The molecule has 1 aromatic heterocycles. The van der Waals surface area contributed by atoms with Crippen LogP contribution in [0.3, 0.4) is 0 Å². The van der Waals surface area contributed by atoms with Crippen LogP contribution in [0.4, 0.5) is 15.9 Å². The van der Waals surface area contributed by atoms with Crippen molar-refractivity contribution in [1.29, 1.82) is 0 Å². The lowest BCUT2D eigenvalue weighted by atomic mass is 10.2. The molecule has 0 atom stereocenters. The molecule has 1 amide bonds. The Balaban J connectivity index is 2.24. The van der Waals surface area contributed by atoms with Crippen molar-refractivity contribution in [2.75, 3.05) is 11.1 Å². The monoisotopic (exact) mass is 266 g/mol. The first kappa shape index (κ1) is 12.3. The maximum atomic E-state index is 13.4. The average Bonchev–Trinajstić information content (AvgIpc) is 2.32. The van der Waals surface area contributed by atoms with Crippen molar-refractivity contribution < 1.29 is 9.18 Å². The van der Waals surface area contributed by atoms with Crippen LogP contribution in [0.2, 0.25) is 5.15 Å². The molecule has 18 heavy (non-hydrogen) atoms. The lowest BCUT2D eigenvalue weighted by molar-refractivity contribution is 0.102. The van der Waals surface area contributed by atoms with Crippen molar-refractivity contribution in [3.63, 3.8) is 0 Å². The van der Waals surface area contributed by atoms with Crippen LogP contribution < -0.4 is 11.1 Å². The zero-order valence-corrected chi connectivity index (χ0v) is 9.78. The molecule has 0 aliphatic rings. The van der Waals surface area contributed by atoms with Crippen LogP contribution in [-0.2, 0) is 0 Å². The Morgan fingerprint density at radius 3 is 2.83 bits per heavy atom. The van der Waals surface area contributed by atoms with E-state index in [0.29, 0.717) is 5.69 Å². The molecule has 3 N–H and O–H groups in total. The second-order valence-corrected chi connectivity index (χ2v) is 3.81. The van der Waals surface area contributed by atoms with Gasteiger partial charge in [-0.3, -0.25) is 4.79 Å². The number of benzene rings is 1. The van der Waals surface area contributed by atoms with Gasteiger partial charge in [-0.25, -0.2) is 14.4 Å². The highest BCUT2D eigenvalue weighted by atomic mass is 35.5. The maximum absolute atomic E-state index is 13.4. The topological polar surface area (TPSA) is 80.9 Å². The van der Waals surface area contributed by atoms with Crippen molar-refractivity contribution in [3.05, 3.63) is 47.1 Å². The van der Waals surface area contributed by atoms with Crippen molar-refractivity contribution in [1.82, 2.24) is 9.97 Å². The fourth-order valence-electron chi connectivity index (χ4n) is 1.30. The van der Waals surface area contributed by atoms with Crippen LogP contribution in [0.15, 0.2) is 30.6 Å². The number of rotatable bonds is 2. The molecule has 2 rings (SSSR count). The van der Waals surface area contributed by atoms with E-state index in [0.717, 1.165) is 6.07 Å². The summed E-state index contributed by atoms with van der Waals surface area (Å²) in [7, 11) is 0. The van der Waals surface area contributed by atoms with Crippen molar-refractivity contribution in [2.24, 2.45) is 0 Å². The molecule has 1 aromatic carbocycles. The summed E-state index contributed by atoms with van der Waals surface area (Å²) >= 11 is 5.63. The van der Waals surface area contributed by atoms with E-state index in [-0.39, 0.29) is 16.5 Å². The summed E-state index contributed by atoms with van der Waals surface area (Å²) in [5, 5.41) is 2.57. The van der Waals surface area contributed by atoms with Gasteiger partial charge >= 0.3 is 0 Å². The van der Waals surface area contributed by atoms with Crippen molar-refractivity contribution in [2.45, 2.75) is 0 Å². The van der Waals surface area contributed by atoms with E-state index in [2.05, 4.69) is 15.3 Å². The van der Waals surface area contributed by atoms with Gasteiger partial charge < -0.3 is 11.1 Å². The SMILES string of the molecule is Nc1ccc(F)c(C(=O)Nc2cc(Cl)ncn2)c1. The van der Waals surface area contributed by atoms with Crippen LogP contribution in [-0.4, -0.2) is 15.9 Å². The molecule has 0 radical (unpaired) electrons. The first-order valence-corrected chi connectivity index (χ1v) is 5.28. The van der Waals surface area contributed by atoms with Gasteiger partial charge in [-0.15, -0.1) is 0 Å². The van der Waals surface area contributed by atoms with Gasteiger partial charge in [-0.2, -0.15) is 0 Å². The number of nitrogens with two attached hydrogens (primary N) is 1. The first-order chi connectivity index (χ1) is 8.56. The molecule has 0 aliphatic carbocycles. The molecule has 2 aromatic rings. The zero-order valence-electron chi connectivity index (χ0n) is 9.02. The quantitative estimate of drug-likeness (QED) is 0.644. The van der Waals surface area contributed by atoms with Gasteiger partial charge in [0, 0.05) is 11.8 Å². The van der Waals surface area contributed by atoms with E-state index in [9.17, 15) is 9.18 Å². The van der Waals surface area contributed by atoms with Crippen LogP contribution in [0.25, 0.3) is 0 Å². The Hall–Kier alpha value is -2.21. The molecule has 1 heterocycles. The third kappa shape index (κ3) is 2.72. The van der Waals surface area contributed by atoms with E-state index in [1.54, 1.807) is 0 Å². The number of hydrogen-bond donors (Lipinski definition) is 2. The Morgan fingerprint density at radius 1 is 1.33 bits per heavy atom. The number of anilines is 2. The fraction of sp³-hybridized carbons (Fsp3) is 0. The number of nitrogens with zero attached hydrogens (tertiary/aromatic N) is 2. The molecular formula is C11H8ClFN4O. The third-order valence-electron chi connectivity index (χ3n) is 2.11. The molecule has 0 aliphatic heterocycles. The predicted molar refractivity (Wildman–Crippen MR) is 65.8 cm³/mol. The molecule has 92 valence electrons. The standard InChI is InChI=1S/C11H8ClFN4O/c12-9-4-10(16-5-15-9)17-11(18)7-3-6(14)1-2-8(7)13/h1-5H,14H2,(H,15,16,17,18). The molecule has 5 nitrogen and oxygen atoms in total. The minimum absolute atomic E-state index is 0.162. The summed E-state index contributed by atoms with van der Waals surface area (Å²) in [6.07, 6.45) is 1.19. The van der Waals surface area contributed by atoms with Crippen LogP contribution in [0, 0.1) is 5.82 Å². The van der Waals surface area contributed by atoms with Crippen molar-refractivity contribution in [3.8, 4) is 0 Å². The highest BCUT2D eigenvalue weighted by Crippen LogP contribution is 2.15. The van der Waals surface area contributed by atoms with Gasteiger partial charge in [0.1, 0.15) is 23.1 Å². The highest BCUT2D eigenvalue weighted by Gasteiger charge is 2.12. The Labute approximate surface area is 107 Å². The molecule has 0 saturated heterocycles. The van der Waals surface area contributed by atoms with Crippen LogP contribution >= 0.6 is 11.6 Å². The summed E-state index contributed by atoms with van der Waals surface area (Å²) in [6, 6.07) is 5.09. The summed E-state index contributed by atoms with van der Waals surface area (Å²) in [5.41, 5.74) is 5.62. The summed E-state index contributed by atoms with van der Waals surface area (Å²) in [5.74, 6) is -1.14. The maximum Gasteiger partial charge on any atom is 0.259 e. The van der Waals surface area contributed by atoms with E-state index in [4.69, 9.17) is 17.3 Å². The Bertz CT molecular complexity index is 605. The number of hydrogen-bond acceptors (Lipinski definition) is 4. The smallest absolute Gasteiger partial charge is 0.259 e. The average molecular weight is 267 g/mol. The number of nitrogens with one attached hydrogen (secondary N) is 1. The summed E-state index contributed by atoms with van der Waals surface area (Å²) < 4.78 is 13.4. The van der Waals surface area contributed by atoms with Crippen LogP contribution in [0.1, 0.15) is 10.4 Å². The summed E-state index contributed by atoms with van der Waals surface area (Å²) in [4.78, 5) is 19.2. The van der Waals surface area contributed by atoms with E-state index in [1.807, 2.05) is 0 Å². The second-order valence-electron chi connectivity index (χ2n) is 3.42. The second kappa shape index (κ2) is 4.97. The number of nitrogen functional groups attached to an aromatic ring is 1. The Kier molecular flexibility index (Phi) is 3.38. The number of aromatic nitrogens is 2. The Morgan fingerprint density at radius 2 is 2.11 bits per heavy atom. The normalized spacial score (nSPS) is 10.1. The van der Waals surface area contributed by atoms with Gasteiger partial charge in [0.15, 0.2) is 0 Å². The van der Waals surface area contributed by atoms with Gasteiger partial charge in [-0.05, 0) is 18.2 Å². The molecule has 0 spiro atoms. The lowest BCUT2D eigenvalue weighted by Gasteiger charge is -2.06. The zero-order chi connectivity index (χ0) is 13.1. The number of amides is 1. The van der Waals surface area contributed by atoms with Gasteiger partial charge in [0.2, 0.25) is 0 Å². The molecular weight excluding hydrogens is 259 g/mol. The van der Waals surface area contributed by atoms with E-state index in [1.165, 1.54) is 24.5 Å². The first-order valence-electron chi connectivity index (χ1n) is 4.90. The largest absolute Gasteiger partial charge is 0.399 e. The molecule has 7 heteroatoms.